The fourth-order valence-electron chi connectivity index (χ4n) is 2.53. The van der Waals surface area contributed by atoms with Crippen molar-refractivity contribution in [2.45, 2.75) is 52.5 Å². The van der Waals surface area contributed by atoms with Crippen molar-refractivity contribution >= 4 is 28.8 Å². The molecule has 6 heteroatoms. The first-order chi connectivity index (χ1) is 11.8. The lowest BCUT2D eigenvalue weighted by Crippen LogP contribution is -2.25. The van der Waals surface area contributed by atoms with Gasteiger partial charge in [-0.3, -0.25) is 4.79 Å². The molecule has 1 aromatic carbocycles. The van der Waals surface area contributed by atoms with E-state index in [1.54, 1.807) is 18.2 Å². The van der Waals surface area contributed by atoms with Crippen LogP contribution in [0.5, 0.6) is 5.75 Å². The number of aromatic nitrogens is 1. The number of rotatable bonds is 5. The number of carbonyl (C=O) groups excluding carboxylic acids is 1. The highest BCUT2D eigenvalue weighted by Gasteiger charge is 2.20. The number of carbonyl (C=O) groups is 1. The Bertz CT molecular complexity index is 816. The van der Waals surface area contributed by atoms with E-state index in [9.17, 15) is 4.79 Å². The fraction of sp³-hybridized carbons (Fsp3) is 0.474. The molecule has 1 aromatic heterocycles. The zero-order valence-corrected chi connectivity index (χ0v) is 17.0. The molecule has 0 spiro atoms. The summed E-state index contributed by atoms with van der Waals surface area (Å²) in [6.45, 7) is 9.52. The second-order valence-corrected chi connectivity index (χ2v) is 8.19. The molecule has 2 aromatic rings. The van der Waals surface area contributed by atoms with Crippen molar-refractivity contribution in [1.82, 2.24) is 4.57 Å². The molecule has 0 aliphatic rings. The van der Waals surface area contributed by atoms with Gasteiger partial charge in [0.05, 0.1) is 12.7 Å². The Morgan fingerprint density at radius 2 is 2.08 bits per heavy atom. The molecule has 0 bridgehead atoms. The molecule has 0 saturated heterocycles. The van der Waals surface area contributed by atoms with Crippen LogP contribution in [-0.2, 0) is 12.0 Å². The van der Waals surface area contributed by atoms with Crippen LogP contribution in [0.1, 0.15) is 56.6 Å². The number of halogens is 1. The van der Waals surface area contributed by atoms with Crippen LogP contribution in [0.2, 0.25) is 5.02 Å². The number of ether oxygens (including phenoxy) is 1. The minimum absolute atomic E-state index is 0.00515. The summed E-state index contributed by atoms with van der Waals surface area (Å²) in [7, 11) is 1.53. The summed E-state index contributed by atoms with van der Waals surface area (Å²) in [6, 6.07) is 4.98. The number of benzene rings is 1. The maximum Gasteiger partial charge on any atom is 0.283 e. The quantitative estimate of drug-likeness (QED) is 0.728. The Labute approximate surface area is 158 Å². The van der Waals surface area contributed by atoms with E-state index in [1.165, 1.54) is 24.1 Å². The summed E-state index contributed by atoms with van der Waals surface area (Å²) in [5, 5.41) is 2.58. The van der Waals surface area contributed by atoms with Gasteiger partial charge >= 0.3 is 0 Å². The van der Waals surface area contributed by atoms with Crippen molar-refractivity contribution in [3.8, 4) is 5.75 Å². The number of methoxy groups -OCH3 is 1. The molecule has 0 atom stereocenters. The van der Waals surface area contributed by atoms with E-state index in [2.05, 4.69) is 42.6 Å². The summed E-state index contributed by atoms with van der Waals surface area (Å²) in [5.74, 6) is 0.137. The van der Waals surface area contributed by atoms with E-state index in [4.69, 9.17) is 16.3 Å². The first-order valence-electron chi connectivity index (χ1n) is 8.39. The summed E-state index contributed by atoms with van der Waals surface area (Å²) in [6.07, 6.45) is 2.13. The maximum atomic E-state index is 12.7. The zero-order valence-electron chi connectivity index (χ0n) is 15.4. The van der Waals surface area contributed by atoms with Crippen molar-refractivity contribution < 1.29 is 9.53 Å². The highest BCUT2D eigenvalue weighted by Crippen LogP contribution is 2.25. The molecule has 0 N–H and O–H groups in total. The number of nitrogens with zero attached hydrogens (tertiary/aromatic N) is 2. The minimum Gasteiger partial charge on any atom is -0.496 e. The molecule has 4 nitrogen and oxygen atoms in total. The predicted molar refractivity (Wildman–Crippen MR) is 104 cm³/mol. The van der Waals surface area contributed by atoms with Crippen LogP contribution in [0.25, 0.3) is 0 Å². The lowest BCUT2D eigenvalue weighted by atomic mass is 9.93. The average molecular weight is 381 g/mol. The van der Waals surface area contributed by atoms with Crippen molar-refractivity contribution in [2.24, 2.45) is 4.99 Å². The van der Waals surface area contributed by atoms with Crippen LogP contribution >= 0.6 is 22.9 Å². The molecule has 136 valence electrons. The molecular formula is C19H25ClN2O2S. The molecule has 0 unspecified atom stereocenters. The summed E-state index contributed by atoms with van der Waals surface area (Å²) < 4.78 is 7.43. The topological polar surface area (TPSA) is 43.6 Å². The van der Waals surface area contributed by atoms with E-state index >= 15 is 0 Å². The molecule has 0 radical (unpaired) electrons. The number of unbranched alkanes of at least 4 members (excludes halogenated alkanes) is 1. The third-order valence-corrected chi connectivity index (χ3v) is 4.99. The summed E-state index contributed by atoms with van der Waals surface area (Å²) >= 11 is 7.53. The van der Waals surface area contributed by atoms with Crippen LogP contribution in [0.4, 0.5) is 0 Å². The van der Waals surface area contributed by atoms with Gasteiger partial charge in [0.2, 0.25) is 0 Å². The monoisotopic (exact) mass is 380 g/mol. The Morgan fingerprint density at radius 1 is 1.36 bits per heavy atom. The average Bonchev–Trinajstić information content (AvgIpc) is 2.95. The Balaban J connectivity index is 2.52. The highest BCUT2D eigenvalue weighted by molar-refractivity contribution is 7.07. The van der Waals surface area contributed by atoms with Gasteiger partial charge in [-0.25, -0.2) is 0 Å². The van der Waals surface area contributed by atoms with Crippen molar-refractivity contribution in [1.29, 1.82) is 0 Å². The molecular weight excluding hydrogens is 356 g/mol. The molecule has 1 heterocycles. The molecule has 0 fully saturated rings. The number of thiazole rings is 1. The standard InChI is InChI=1S/C19H25ClN2O2S/c1-6-7-10-22-16(19(2,3)4)12-25-18(22)21-17(23)14-11-13(20)8-9-15(14)24-5/h8-9,11-12H,6-7,10H2,1-5H3. The van der Waals surface area contributed by atoms with E-state index in [1.807, 2.05) is 0 Å². The van der Waals surface area contributed by atoms with Crippen LogP contribution in [0.15, 0.2) is 28.6 Å². The molecule has 1 amide bonds. The Kier molecular flexibility index (Phi) is 6.47. The normalized spacial score (nSPS) is 12.5. The van der Waals surface area contributed by atoms with Gasteiger partial charge in [0.15, 0.2) is 4.80 Å². The van der Waals surface area contributed by atoms with Crippen LogP contribution in [0.3, 0.4) is 0 Å². The van der Waals surface area contributed by atoms with Gasteiger partial charge in [0, 0.05) is 28.1 Å². The Morgan fingerprint density at radius 3 is 2.68 bits per heavy atom. The van der Waals surface area contributed by atoms with Crippen molar-refractivity contribution in [2.75, 3.05) is 7.11 Å². The van der Waals surface area contributed by atoms with E-state index in [0.29, 0.717) is 21.1 Å². The second-order valence-electron chi connectivity index (χ2n) is 6.92. The lowest BCUT2D eigenvalue weighted by Gasteiger charge is -2.21. The Hall–Kier alpha value is -1.59. The molecule has 0 aliphatic heterocycles. The first-order valence-corrected chi connectivity index (χ1v) is 9.65. The molecule has 0 saturated carbocycles. The minimum atomic E-state index is -0.341. The van der Waals surface area contributed by atoms with Gasteiger partial charge in [-0.15, -0.1) is 11.3 Å². The largest absolute Gasteiger partial charge is 0.496 e. The molecule has 25 heavy (non-hydrogen) atoms. The van der Waals surface area contributed by atoms with Gasteiger partial charge in [0.1, 0.15) is 5.75 Å². The van der Waals surface area contributed by atoms with Crippen molar-refractivity contribution in [3.05, 3.63) is 44.7 Å². The lowest BCUT2D eigenvalue weighted by molar-refractivity contribution is 0.0994. The van der Waals surface area contributed by atoms with E-state index < -0.39 is 0 Å². The van der Waals surface area contributed by atoms with Gasteiger partial charge in [-0.05, 0) is 24.6 Å². The van der Waals surface area contributed by atoms with Crippen LogP contribution < -0.4 is 9.54 Å². The third-order valence-electron chi connectivity index (χ3n) is 3.89. The first kappa shape index (κ1) is 19.7. The van der Waals surface area contributed by atoms with Gasteiger partial charge < -0.3 is 9.30 Å². The van der Waals surface area contributed by atoms with Gasteiger partial charge in [-0.2, -0.15) is 4.99 Å². The number of hydrogen-bond acceptors (Lipinski definition) is 3. The van der Waals surface area contributed by atoms with Crippen LogP contribution in [-0.4, -0.2) is 17.6 Å². The number of hydrogen-bond donors (Lipinski definition) is 0. The zero-order chi connectivity index (χ0) is 18.6. The summed E-state index contributed by atoms with van der Waals surface area (Å²) in [4.78, 5) is 17.8. The highest BCUT2D eigenvalue weighted by atomic mass is 35.5. The SMILES string of the molecule is CCCCn1c(C(C)(C)C)csc1=NC(=O)c1cc(Cl)ccc1OC. The second kappa shape index (κ2) is 8.19. The smallest absolute Gasteiger partial charge is 0.283 e. The van der Waals surface area contributed by atoms with Gasteiger partial charge in [0.25, 0.3) is 5.91 Å². The molecule has 0 aliphatic carbocycles. The third kappa shape index (κ3) is 4.73. The molecule has 2 rings (SSSR count). The predicted octanol–water partition coefficient (Wildman–Crippen LogP) is 5.05. The van der Waals surface area contributed by atoms with Crippen molar-refractivity contribution in [3.63, 3.8) is 0 Å². The summed E-state index contributed by atoms with van der Waals surface area (Å²) in [5.41, 5.74) is 1.56. The fourth-order valence-corrected chi connectivity index (χ4v) is 3.86. The van der Waals surface area contributed by atoms with E-state index in [-0.39, 0.29) is 11.3 Å². The van der Waals surface area contributed by atoms with Gasteiger partial charge in [-0.1, -0.05) is 45.7 Å². The van der Waals surface area contributed by atoms with Crippen LogP contribution in [0, 0.1) is 0 Å². The van der Waals surface area contributed by atoms with E-state index in [0.717, 1.165) is 19.4 Å². The maximum absolute atomic E-state index is 12.7. The number of amides is 1.